The van der Waals surface area contributed by atoms with Crippen LogP contribution in [0, 0.1) is 11.3 Å². The summed E-state index contributed by atoms with van der Waals surface area (Å²) in [6, 6.07) is 1.96. The van der Waals surface area contributed by atoms with Crippen LogP contribution in [0.1, 0.15) is 6.42 Å². The number of rotatable bonds is 0. The van der Waals surface area contributed by atoms with E-state index in [2.05, 4.69) is 0 Å². The Kier molecular flexibility index (Phi) is 1.72. The zero-order chi connectivity index (χ0) is 5.98. The third-order valence-corrected chi connectivity index (χ3v) is 1.59. The summed E-state index contributed by atoms with van der Waals surface area (Å²) in [5.41, 5.74) is 0. The number of ether oxygens (including phenoxy) is 1. The number of hydrogen-bond donors (Lipinski definition) is 0. The van der Waals surface area contributed by atoms with Crippen molar-refractivity contribution in [2.24, 2.45) is 0 Å². The van der Waals surface area contributed by atoms with Gasteiger partial charge in [-0.15, -0.1) is 11.6 Å². The van der Waals surface area contributed by atoms with Gasteiger partial charge in [-0.3, -0.25) is 0 Å². The molecule has 2 nitrogen and oxygen atoms in total. The second-order valence-electron chi connectivity index (χ2n) is 1.73. The van der Waals surface area contributed by atoms with E-state index in [9.17, 15) is 0 Å². The van der Waals surface area contributed by atoms with Gasteiger partial charge in [0.25, 0.3) is 0 Å². The van der Waals surface area contributed by atoms with Gasteiger partial charge < -0.3 is 4.74 Å². The quantitative estimate of drug-likeness (QED) is 0.458. The van der Waals surface area contributed by atoms with Gasteiger partial charge in [0.05, 0.1) is 11.4 Å². The largest absolute Gasteiger partial charge is 0.362 e. The average molecular weight is 132 g/mol. The zero-order valence-corrected chi connectivity index (χ0v) is 5.06. The molecule has 0 saturated carbocycles. The molecule has 0 bridgehead atoms. The van der Waals surface area contributed by atoms with Gasteiger partial charge in [0, 0.05) is 6.61 Å². The standard InChI is InChI=1S/C5H6ClNO/c6-4-1-2-8-5(4)3-7/h4-5H,1-2H2/t4-,5-/m1/s1. The topological polar surface area (TPSA) is 33.0 Å². The predicted molar refractivity (Wildman–Crippen MR) is 29.6 cm³/mol. The molecule has 0 aromatic heterocycles. The van der Waals surface area contributed by atoms with Crippen molar-refractivity contribution in [2.45, 2.75) is 17.9 Å². The van der Waals surface area contributed by atoms with Gasteiger partial charge >= 0.3 is 0 Å². The Morgan fingerprint density at radius 3 is 2.75 bits per heavy atom. The number of hydrogen-bond acceptors (Lipinski definition) is 2. The fraction of sp³-hybridized carbons (Fsp3) is 0.800. The maximum Gasteiger partial charge on any atom is 0.160 e. The van der Waals surface area contributed by atoms with Crippen molar-refractivity contribution < 1.29 is 4.74 Å². The molecule has 1 heterocycles. The number of halogens is 1. The zero-order valence-electron chi connectivity index (χ0n) is 4.30. The summed E-state index contributed by atoms with van der Waals surface area (Å²) >= 11 is 5.63. The maximum atomic E-state index is 8.28. The molecule has 0 unspecified atom stereocenters. The summed E-state index contributed by atoms with van der Waals surface area (Å²) < 4.78 is 4.92. The average Bonchev–Trinajstić information content (AvgIpc) is 2.14. The van der Waals surface area contributed by atoms with E-state index in [1.54, 1.807) is 0 Å². The molecule has 0 aromatic carbocycles. The van der Waals surface area contributed by atoms with Crippen LogP contribution < -0.4 is 0 Å². The summed E-state index contributed by atoms with van der Waals surface area (Å²) in [6.45, 7) is 0.631. The third kappa shape index (κ3) is 0.936. The molecule has 0 N–H and O–H groups in total. The van der Waals surface area contributed by atoms with E-state index >= 15 is 0 Å². The SMILES string of the molecule is N#C[C@H]1OCC[C@H]1Cl. The fourth-order valence-electron chi connectivity index (χ4n) is 0.682. The minimum absolute atomic E-state index is 0.0833. The molecule has 44 valence electrons. The smallest absolute Gasteiger partial charge is 0.160 e. The molecule has 0 amide bonds. The molecule has 0 aliphatic carbocycles. The van der Waals surface area contributed by atoms with E-state index < -0.39 is 0 Å². The summed E-state index contributed by atoms with van der Waals surface area (Å²) in [6.07, 6.45) is 0.441. The predicted octanol–water partition coefficient (Wildman–Crippen LogP) is 0.906. The lowest BCUT2D eigenvalue weighted by Crippen LogP contribution is -2.11. The van der Waals surface area contributed by atoms with Gasteiger partial charge in [-0.1, -0.05) is 0 Å². The Hall–Kier alpha value is -0.260. The Bertz CT molecular complexity index is 120. The normalized spacial score (nSPS) is 37.0. The Morgan fingerprint density at radius 2 is 2.50 bits per heavy atom. The van der Waals surface area contributed by atoms with Crippen LogP contribution in [0.25, 0.3) is 0 Å². The van der Waals surface area contributed by atoms with Crippen LogP contribution in [0.2, 0.25) is 0 Å². The van der Waals surface area contributed by atoms with Gasteiger partial charge in [0.2, 0.25) is 0 Å². The highest BCUT2D eigenvalue weighted by Gasteiger charge is 2.25. The molecule has 3 heteroatoms. The van der Waals surface area contributed by atoms with Crippen molar-refractivity contribution in [2.75, 3.05) is 6.61 Å². The third-order valence-electron chi connectivity index (χ3n) is 1.15. The lowest BCUT2D eigenvalue weighted by Gasteiger charge is -1.98. The van der Waals surface area contributed by atoms with Gasteiger partial charge in [-0.2, -0.15) is 5.26 Å². The van der Waals surface area contributed by atoms with E-state index in [0.717, 1.165) is 6.42 Å². The van der Waals surface area contributed by atoms with Crippen LogP contribution in [0.15, 0.2) is 0 Å². The van der Waals surface area contributed by atoms with Crippen LogP contribution in [0.4, 0.5) is 0 Å². The lowest BCUT2D eigenvalue weighted by molar-refractivity contribution is 0.151. The van der Waals surface area contributed by atoms with E-state index in [1.165, 1.54) is 0 Å². The molecule has 1 aliphatic heterocycles. The van der Waals surface area contributed by atoms with Crippen molar-refractivity contribution in [3.05, 3.63) is 0 Å². The monoisotopic (exact) mass is 131 g/mol. The Balaban J connectivity index is 2.45. The Labute approximate surface area is 53.0 Å². The first kappa shape index (κ1) is 5.87. The lowest BCUT2D eigenvalue weighted by atomic mass is 10.2. The highest BCUT2D eigenvalue weighted by molar-refractivity contribution is 6.21. The molecule has 1 saturated heterocycles. The second kappa shape index (κ2) is 2.34. The molecular formula is C5H6ClNO. The molecule has 1 fully saturated rings. The molecule has 0 spiro atoms. The number of nitriles is 1. The van der Waals surface area contributed by atoms with Crippen molar-refractivity contribution in [1.29, 1.82) is 5.26 Å². The van der Waals surface area contributed by atoms with Crippen LogP contribution in [0.5, 0.6) is 0 Å². The summed E-state index contributed by atoms with van der Waals surface area (Å²) in [4.78, 5) is 0. The minimum atomic E-state index is -0.364. The van der Waals surface area contributed by atoms with Crippen LogP contribution in [-0.4, -0.2) is 18.1 Å². The second-order valence-corrected chi connectivity index (χ2v) is 2.29. The first-order chi connectivity index (χ1) is 3.84. The molecule has 1 aliphatic rings. The molecule has 0 aromatic rings. The van der Waals surface area contributed by atoms with Gasteiger partial charge in [-0.25, -0.2) is 0 Å². The van der Waals surface area contributed by atoms with E-state index in [4.69, 9.17) is 21.6 Å². The summed E-state index contributed by atoms with van der Waals surface area (Å²) in [7, 11) is 0. The first-order valence-electron chi connectivity index (χ1n) is 2.50. The number of alkyl halides is 1. The van der Waals surface area contributed by atoms with Gasteiger partial charge in [-0.05, 0) is 6.42 Å². The summed E-state index contributed by atoms with van der Waals surface area (Å²) in [5, 5.41) is 8.19. The van der Waals surface area contributed by atoms with Crippen LogP contribution in [-0.2, 0) is 4.74 Å². The minimum Gasteiger partial charge on any atom is -0.362 e. The van der Waals surface area contributed by atoms with Crippen molar-refractivity contribution in [3.63, 3.8) is 0 Å². The van der Waals surface area contributed by atoms with Crippen molar-refractivity contribution in [3.8, 4) is 6.07 Å². The van der Waals surface area contributed by atoms with E-state index in [0.29, 0.717) is 6.61 Å². The Morgan fingerprint density at radius 1 is 1.75 bits per heavy atom. The highest BCUT2D eigenvalue weighted by Crippen LogP contribution is 2.17. The fourth-order valence-corrected chi connectivity index (χ4v) is 0.900. The molecule has 8 heavy (non-hydrogen) atoms. The number of nitrogens with zero attached hydrogens (tertiary/aromatic N) is 1. The molecule has 2 atom stereocenters. The molecular weight excluding hydrogens is 126 g/mol. The molecule has 1 rings (SSSR count). The first-order valence-corrected chi connectivity index (χ1v) is 2.93. The van der Waals surface area contributed by atoms with Crippen LogP contribution in [0.3, 0.4) is 0 Å². The van der Waals surface area contributed by atoms with Crippen LogP contribution >= 0.6 is 11.6 Å². The van der Waals surface area contributed by atoms with E-state index in [1.807, 2.05) is 6.07 Å². The summed E-state index contributed by atoms with van der Waals surface area (Å²) in [5.74, 6) is 0. The van der Waals surface area contributed by atoms with Crippen molar-refractivity contribution in [1.82, 2.24) is 0 Å². The highest BCUT2D eigenvalue weighted by atomic mass is 35.5. The van der Waals surface area contributed by atoms with Gasteiger partial charge in [0.1, 0.15) is 0 Å². The van der Waals surface area contributed by atoms with Gasteiger partial charge in [0.15, 0.2) is 6.10 Å². The van der Waals surface area contributed by atoms with E-state index in [-0.39, 0.29) is 11.5 Å². The maximum absolute atomic E-state index is 8.28. The molecule has 0 radical (unpaired) electrons. The van der Waals surface area contributed by atoms with Crippen molar-refractivity contribution >= 4 is 11.6 Å².